The first kappa shape index (κ1) is 18.0. The van der Waals surface area contributed by atoms with Crippen LogP contribution in [0.25, 0.3) is 0 Å². The second-order valence-electron chi connectivity index (χ2n) is 5.44. The largest absolute Gasteiger partial charge is 0.494 e. The molecule has 0 bridgehead atoms. The molecule has 4 heteroatoms. The number of aliphatic hydroxyl groups excluding tert-OH is 1. The normalized spacial score (nSPS) is 12.6. The van der Waals surface area contributed by atoms with Gasteiger partial charge < -0.3 is 15.6 Å². The molecule has 0 aliphatic carbocycles. The Bertz CT molecular complexity index is 385. The van der Waals surface area contributed by atoms with Gasteiger partial charge in [-0.2, -0.15) is 0 Å². The van der Waals surface area contributed by atoms with Crippen LogP contribution in [-0.2, 0) is 0 Å². The lowest BCUT2D eigenvalue weighted by Gasteiger charge is -2.26. The number of hydrogen-bond acceptors (Lipinski definition) is 4. The molecule has 21 heavy (non-hydrogen) atoms. The lowest BCUT2D eigenvalue weighted by atomic mass is 10.1. The Labute approximate surface area is 128 Å². The zero-order valence-electron chi connectivity index (χ0n) is 13.4. The van der Waals surface area contributed by atoms with E-state index in [1.807, 2.05) is 19.2 Å². The molecule has 0 amide bonds. The molecule has 1 rings (SSSR count). The highest BCUT2D eigenvalue weighted by Gasteiger charge is 2.15. The lowest BCUT2D eigenvalue weighted by Crippen LogP contribution is -2.32. The van der Waals surface area contributed by atoms with Crippen LogP contribution >= 0.6 is 0 Å². The Morgan fingerprint density at radius 2 is 2.10 bits per heavy atom. The maximum absolute atomic E-state index is 9.06. The van der Waals surface area contributed by atoms with Crippen molar-refractivity contribution in [2.45, 2.75) is 38.6 Å². The van der Waals surface area contributed by atoms with Crippen molar-refractivity contribution < 1.29 is 9.84 Å². The molecule has 4 nitrogen and oxygen atoms in total. The Morgan fingerprint density at radius 1 is 1.29 bits per heavy atom. The minimum absolute atomic E-state index is 0.112. The molecule has 1 unspecified atom stereocenters. The van der Waals surface area contributed by atoms with E-state index in [9.17, 15) is 0 Å². The Morgan fingerprint density at radius 3 is 2.76 bits per heavy atom. The van der Waals surface area contributed by atoms with Crippen molar-refractivity contribution in [1.82, 2.24) is 4.90 Å². The van der Waals surface area contributed by atoms with E-state index in [-0.39, 0.29) is 12.6 Å². The van der Waals surface area contributed by atoms with E-state index in [2.05, 4.69) is 24.0 Å². The van der Waals surface area contributed by atoms with Gasteiger partial charge in [0.05, 0.1) is 13.2 Å². The summed E-state index contributed by atoms with van der Waals surface area (Å²) in [6.07, 6.45) is 4.83. The van der Waals surface area contributed by atoms with Gasteiger partial charge in [-0.25, -0.2) is 0 Å². The van der Waals surface area contributed by atoms with Gasteiger partial charge in [0.2, 0.25) is 0 Å². The van der Waals surface area contributed by atoms with E-state index in [4.69, 9.17) is 15.6 Å². The standard InChI is InChI=1S/C17H30N2O2/c1-3-4-5-6-12-21-16-9-7-8-15(13-16)17(14-18)19(2)10-11-20/h7-9,13,17,20H,3-6,10-12,14,18H2,1-2H3. The second kappa shape index (κ2) is 10.6. The van der Waals surface area contributed by atoms with Crippen LogP contribution in [0.4, 0.5) is 0 Å². The highest BCUT2D eigenvalue weighted by Crippen LogP contribution is 2.22. The summed E-state index contributed by atoms with van der Waals surface area (Å²) < 4.78 is 5.82. The van der Waals surface area contributed by atoms with Crippen LogP contribution in [-0.4, -0.2) is 43.4 Å². The Kier molecular flexibility index (Phi) is 9.06. The smallest absolute Gasteiger partial charge is 0.119 e. The summed E-state index contributed by atoms with van der Waals surface area (Å²) in [4.78, 5) is 2.07. The van der Waals surface area contributed by atoms with Crippen molar-refractivity contribution in [1.29, 1.82) is 0 Å². The fourth-order valence-electron chi connectivity index (χ4n) is 2.41. The van der Waals surface area contributed by atoms with Gasteiger partial charge in [0.15, 0.2) is 0 Å². The summed E-state index contributed by atoms with van der Waals surface area (Å²) in [5, 5.41) is 9.06. The van der Waals surface area contributed by atoms with E-state index in [1.54, 1.807) is 0 Å². The third kappa shape index (κ3) is 6.46. The first-order valence-electron chi connectivity index (χ1n) is 7.96. The molecule has 1 aromatic rings. The summed E-state index contributed by atoms with van der Waals surface area (Å²) in [7, 11) is 1.98. The van der Waals surface area contributed by atoms with Crippen molar-refractivity contribution in [2.24, 2.45) is 5.73 Å². The van der Waals surface area contributed by atoms with E-state index < -0.39 is 0 Å². The molecule has 0 aromatic heterocycles. The molecular formula is C17H30N2O2. The zero-order chi connectivity index (χ0) is 15.5. The molecule has 0 radical (unpaired) electrons. The van der Waals surface area contributed by atoms with Crippen molar-refractivity contribution in [2.75, 3.05) is 33.4 Å². The number of nitrogens with two attached hydrogens (primary N) is 1. The molecule has 3 N–H and O–H groups in total. The van der Waals surface area contributed by atoms with Gasteiger partial charge >= 0.3 is 0 Å². The summed E-state index contributed by atoms with van der Waals surface area (Å²) in [5.41, 5.74) is 7.02. The minimum atomic E-state index is 0.112. The fourth-order valence-corrected chi connectivity index (χ4v) is 2.41. The van der Waals surface area contributed by atoms with E-state index in [0.717, 1.165) is 24.3 Å². The van der Waals surface area contributed by atoms with Crippen molar-refractivity contribution >= 4 is 0 Å². The van der Waals surface area contributed by atoms with Gasteiger partial charge in [-0.1, -0.05) is 38.3 Å². The van der Waals surface area contributed by atoms with Crippen molar-refractivity contribution in [3.05, 3.63) is 29.8 Å². The van der Waals surface area contributed by atoms with Crippen molar-refractivity contribution in [3.8, 4) is 5.75 Å². The van der Waals surface area contributed by atoms with Gasteiger partial charge in [-0.3, -0.25) is 4.90 Å². The van der Waals surface area contributed by atoms with Gasteiger partial charge in [0.25, 0.3) is 0 Å². The molecular weight excluding hydrogens is 264 g/mol. The number of likely N-dealkylation sites (N-methyl/N-ethyl adjacent to an activating group) is 1. The Balaban J connectivity index is 2.57. The molecule has 0 heterocycles. The van der Waals surface area contributed by atoms with Crippen LogP contribution < -0.4 is 10.5 Å². The molecule has 0 aliphatic rings. The first-order valence-corrected chi connectivity index (χ1v) is 7.96. The molecule has 0 aliphatic heterocycles. The highest BCUT2D eigenvalue weighted by atomic mass is 16.5. The monoisotopic (exact) mass is 294 g/mol. The Hall–Kier alpha value is -1.10. The molecule has 0 saturated heterocycles. The van der Waals surface area contributed by atoms with Crippen LogP contribution in [0.5, 0.6) is 5.75 Å². The third-order valence-electron chi connectivity index (χ3n) is 3.72. The van der Waals surface area contributed by atoms with Crippen LogP contribution in [0, 0.1) is 0 Å². The fraction of sp³-hybridized carbons (Fsp3) is 0.647. The zero-order valence-corrected chi connectivity index (χ0v) is 13.4. The summed E-state index contributed by atoms with van der Waals surface area (Å²) in [6.45, 7) is 4.25. The van der Waals surface area contributed by atoms with E-state index in [1.165, 1.54) is 19.3 Å². The number of benzene rings is 1. The third-order valence-corrected chi connectivity index (χ3v) is 3.72. The molecule has 0 saturated carbocycles. The quantitative estimate of drug-likeness (QED) is 0.616. The van der Waals surface area contributed by atoms with Crippen LogP contribution in [0.3, 0.4) is 0 Å². The molecule has 0 spiro atoms. The summed E-state index contributed by atoms with van der Waals surface area (Å²) in [5.74, 6) is 0.903. The average Bonchev–Trinajstić information content (AvgIpc) is 2.48. The second-order valence-corrected chi connectivity index (χ2v) is 5.44. The number of hydrogen-bond donors (Lipinski definition) is 2. The lowest BCUT2D eigenvalue weighted by molar-refractivity contribution is 0.183. The van der Waals surface area contributed by atoms with E-state index >= 15 is 0 Å². The van der Waals surface area contributed by atoms with Gasteiger partial charge in [-0.15, -0.1) is 0 Å². The highest BCUT2D eigenvalue weighted by molar-refractivity contribution is 5.30. The predicted molar refractivity (Wildman–Crippen MR) is 87.6 cm³/mol. The minimum Gasteiger partial charge on any atom is -0.494 e. The maximum atomic E-state index is 9.06. The topological polar surface area (TPSA) is 58.7 Å². The van der Waals surface area contributed by atoms with Crippen molar-refractivity contribution in [3.63, 3.8) is 0 Å². The van der Waals surface area contributed by atoms with Crippen LogP contribution in [0.15, 0.2) is 24.3 Å². The first-order chi connectivity index (χ1) is 10.2. The van der Waals surface area contributed by atoms with E-state index in [0.29, 0.717) is 13.1 Å². The van der Waals surface area contributed by atoms with Gasteiger partial charge in [-0.05, 0) is 31.2 Å². The molecule has 1 atom stereocenters. The molecule has 0 fully saturated rings. The molecule has 1 aromatic carbocycles. The number of ether oxygens (including phenoxy) is 1. The van der Waals surface area contributed by atoms with Crippen LogP contribution in [0.2, 0.25) is 0 Å². The molecule has 120 valence electrons. The maximum Gasteiger partial charge on any atom is 0.119 e. The number of nitrogens with zero attached hydrogens (tertiary/aromatic N) is 1. The van der Waals surface area contributed by atoms with Crippen LogP contribution in [0.1, 0.15) is 44.2 Å². The van der Waals surface area contributed by atoms with Gasteiger partial charge in [0, 0.05) is 19.1 Å². The van der Waals surface area contributed by atoms with Gasteiger partial charge in [0.1, 0.15) is 5.75 Å². The average molecular weight is 294 g/mol. The summed E-state index contributed by atoms with van der Waals surface area (Å²) >= 11 is 0. The number of rotatable bonds is 11. The number of unbranched alkanes of at least 4 members (excludes halogenated alkanes) is 3. The SMILES string of the molecule is CCCCCCOc1cccc(C(CN)N(C)CCO)c1. The predicted octanol–water partition coefficient (Wildman–Crippen LogP) is 2.57. The summed E-state index contributed by atoms with van der Waals surface area (Å²) in [6, 6.07) is 8.23. The number of aliphatic hydroxyl groups is 1.